The van der Waals surface area contributed by atoms with Crippen molar-refractivity contribution < 1.29 is 37.6 Å². The Bertz CT molecular complexity index is 1720. The Balaban J connectivity index is 4.00. The SMILES string of the molecule is CC/C=C\C/C=C\C/C=C\C/C=C\C/C=C\C/C=C\C/C=C\C/C=C\C/C=C\C/C=C\CCCCCCCCCCC(=O)OC(COC(=O)CCCCCCCCC/C=C\CCCCCCCC)COP(=O)(O)OCCN. The molecule has 0 aromatic heterocycles. The highest BCUT2D eigenvalue weighted by Gasteiger charge is 2.26. The molecule has 9 nitrogen and oxygen atoms in total. The number of carbonyl (C=O) groups excluding carboxylic acids is 2. The Labute approximate surface area is 472 Å². The van der Waals surface area contributed by atoms with Gasteiger partial charge in [-0.15, -0.1) is 0 Å². The van der Waals surface area contributed by atoms with Gasteiger partial charge in [0, 0.05) is 19.4 Å². The van der Waals surface area contributed by atoms with Crippen molar-refractivity contribution in [1.82, 2.24) is 0 Å². The Morgan fingerprint density at radius 3 is 1.08 bits per heavy atom. The van der Waals surface area contributed by atoms with E-state index in [1.807, 2.05) is 0 Å². The van der Waals surface area contributed by atoms with Gasteiger partial charge in [0.1, 0.15) is 6.61 Å². The third-order valence-corrected chi connectivity index (χ3v) is 13.5. The topological polar surface area (TPSA) is 134 Å². The lowest BCUT2D eigenvalue weighted by molar-refractivity contribution is -0.161. The van der Waals surface area contributed by atoms with Crippen LogP contribution >= 0.6 is 7.82 Å². The smallest absolute Gasteiger partial charge is 0.462 e. The van der Waals surface area contributed by atoms with Gasteiger partial charge in [0.25, 0.3) is 0 Å². The normalized spacial score (nSPS) is 14.0. The Hall–Kier alpha value is -3.85. The molecule has 0 aliphatic heterocycles. The highest BCUT2D eigenvalue weighted by Crippen LogP contribution is 2.43. The van der Waals surface area contributed by atoms with Crippen LogP contribution in [0.15, 0.2) is 134 Å². The van der Waals surface area contributed by atoms with E-state index in [0.29, 0.717) is 6.42 Å². The molecule has 77 heavy (non-hydrogen) atoms. The average molecular weight is 1090 g/mol. The van der Waals surface area contributed by atoms with Gasteiger partial charge in [0.15, 0.2) is 6.10 Å². The van der Waals surface area contributed by atoms with Crippen LogP contribution in [0.1, 0.15) is 245 Å². The van der Waals surface area contributed by atoms with E-state index in [-0.39, 0.29) is 32.6 Å². The first-order chi connectivity index (χ1) is 37.8. The van der Waals surface area contributed by atoms with E-state index in [9.17, 15) is 19.0 Å². The fourth-order valence-electron chi connectivity index (χ4n) is 8.01. The minimum Gasteiger partial charge on any atom is -0.462 e. The standard InChI is InChI=1S/C67H112NO8P/c1-3-5-7-9-11-13-15-17-19-21-22-23-24-25-26-27-28-29-30-31-32-33-34-35-36-37-38-39-40-41-42-44-46-48-50-52-54-56-58-60-67(70)76-65(64-75-77(71,72)74-62-61-68)63-73-66(69)59-57-55-53-51-49-47-45-43-20-18-16-14-12-10-8-6-4-2/h5,7,11,13,17-20,22-23,25-26,28-29,31-32,34-35,37-38,40-41,65H,3-4,6,8-10,12,14-16,21,24,27,30,33,36,39,42-64,68H2,1-2H3,(H,71,72)/b7-5-,13-11-,19-17-,20-18-,23-22-,26-25-,29-28-,32-31-,35-34-,38-37-,41-40-. The lowest BCUT2D eigenvalue weighted by Crippen LogP contribution is -2.29. The van der Waals surface area contributed by atoms with Crippen LogP contribution in [0.4, 0.5) is 0 Å². The summed E-state index contributed by atoms with van der Waals surface area (Å²) in [4.78, 5) is 35.2. The summed E-state index contributed by atoms with van der Waals surface area (Å²) in [5, 5.41) is 0. The minimum atomic E-state index is -4.40. The predicted octanol–water partition coefficient (Wildman–Crippen LogP) is 19.7. The molecule has 0 saturated carbocycles. The minimum absolute atomic E-state index is 0.0456. The summed E-state index contributed by atoms with van der Waals surface area (Å²) in [6.45, 7) is 3.60. The molecular weight excluding hydrogens is 978 g/mol. The summed E-state index contributed by atoms with van der Waals surface area (Å²) in [5.74, 6) is -0.847. The molecule has 0 aromatic carbocycles. The van der Waals surface area contributed by atoms with E-state index in [2.05, 4.69) is 148 Å². The maximum absolute atomic E-state index is 12.7. The molecule has 3 N–H and O–H groups in total. The molecule has 0 rings (SSSR count). The van der Waals surface area contributed by atoms with Crippen molar-refractivity contribution in [1.29, 1.82) is 0 Å². The van der Waals surface area contributed by atoms with Gasteiger partial charge in [-0.3, -0.25) is 18.6 Å². The zero-order valence-electron chi connectivity index (χ0n) is 48.9. The number of phosphoric acid groups is 1. The van der Waals surface area contributed by atoms with Gasteiger partial charge in [-0.25, -0.2) is 4.57 Å². The number of rotatable bonds is 56. The van der Waals surface area contributed by atoms with E-state index < -0.39 is 32.5 Å². The molecule has 2 unspecified atom stereocenters. The van der Waals surface area contributed by atoms with Crippen molar-refractivity contribution >= 4 is 19.8 Å². The van der Waals surface area contributed by atoms with E-state index >= 15 is 0 Å². The van der Waals surface area contributed by atoms with Crippen LogP contribution in [0.5, 0.6) is 0 Å². The monoisotopic (exact) mass is 1090 g/mol. The predicted molar refractivity (Wildman–Crippen MR) is 330 cm³/mol. The van der Waals surface area contributed by atoms with Crippen LogP contribution in [-0.2, 0) is 32.7 Å². The number of phosphoric ester groups is 1. The third kappa shape index (κ3) is 61.2. The summed E-state index contributed by atoms with van der Waals surface area (Å²) in [5.41, 5.74) is 5.38. The second kappa shape index (κ2) is 61.4. The van der Waals surface area contributed by atoms with E-state index in [1.165, 1.54) is 89.9 Å². The zero-order chi connectivity index (χ0) is 55.9. The van der Waals surface area contributed by atoms with Crippen molar-refractivity contribution in [2.24, 2.45) is 5.73 Å². The Morgan fingerprint density at radius 2 is 0.714 bits per heavy atom. The van der Waals surface area contributed by atoms with Crippen LogP contribution in [0.3, 0.4) is 0 Å². The lowest BCUT2D eigenvalue weighted by atomic mass is 10.1. The van der Waals surface area contributed by atoms with Crippen molar-refractivity contribution in [3.05, 3.63) is 134 Å². The van der Waals surface area contributed by atoms with E-state index in [0.717, 1.165) is 122 Å². The zero-order valence-corrected chi connectivity index (χ0v) is 49.8. The van der Waals surface area contributed by atoms with Gasteiger partial charge in [0.05, 0.1) is 13.2 Å². The number of unbranched alkanes of at least 4 members (excludes halogenated alkanes) is 21. The Morgan fingerprint density at radius 1 is 0.403 bits per heavy atom. The number of esters is 2. The average Bonchev–Trinajstić information content (AvgIpc) is 3.42. The van der Waals surface area contributed by atoms with Crippen molar-refractivity contribution in [2.45, 2.75) is 251 Å². The first kappa shape index (κ1) is 73.2. The van der Waals surface area contributed by atoms with E-state index in [4.69, 9.17) is 24.3 Å². The molecule has 438 valence electrons. The van der Waals surface area contributed by atoms with Crippen LogP contribution in [0, 0.1) is 0 Å². The second-order valence-corrected chi connectivity index (χ2v) is 21.3. The van der Waals surface area contributed by atoms with Gasteiger partial charge >= 0.3 is 19.8 Å². The van der Waals surface area contributed by atoms with Crippen molar-refractivity contribution in [2.75, 3.05) is 26.4 Å². The van der Waals surface area contributed by atoms with Crippen molar-refractivity contribution in [3.8, 4) is 0 Å². The molecule has 0 aromatic rings. The van der Waals surface area contributed by atoms with Gasteiger partial charge in [-0.05, 0) is 116 Å². The molecule has 2 atom stereocenters. The van der Waals surface area contributed by atoms with Crippen LogP contribution in [0.25, 0.3) is 0 Å². The molecule has 0 bridgehead atoms. The fraction of sp³-hybridized carbons (Fsp3) is 0.642. The molecule has 0 spiro atoms. The van der Waals surface area contributed by atoms with Gasteiger partial charge in [0.2, 0.25) is 0 Å². The summed E-state index contributed by atoms with van der Waals surface area (Å²) in [6, 6.07) is 0. The maximum Gasteiger partial charge on any atom is 0.472 e. The summed E-state index contributed by atoms with van der Waals surface area (Å²) in [7, 11) is -4.40. The molecule has 0 radical (unpaired) electrons. The molecule has 0 amide bonds. The quantitative estimate of drug-likeness (QED) is 0.0264. The molecular formula is C67H112NO8P. The largest absolute Gasteiger partial charge is 0.472 e. The molecule has 0 aliphatic rings. The number of ether oxygens (including phenoxy) is 2. The lowest BCUT2D eigenvalue weighted by Gasteiger charge is -2.19. The third-order valence-electron chi connectivity index (χ3n) is 12.5. The maximum atomic E-state index is 12.7. The Kier molecular flexibility index (Phi) is 58.3. The number of allylic oxidation sites excluding steroid dienone is 22. The summed E-state index contributed by atoms with van der Waals surface area (Å²) < 4.78 is 33.0. The second-order valence-electron chi connectivity index (χ2n) is 19.8. The highest BCUT2D eigenvalue weighted by atomic mass is 31.2. The number of hydrogen-bond acceptors (Lipinski definition) is 8. The number of nitrogens with two attached hydrogens (primary N) is 1. The molecule has 0 heterocycles. The van der Waals surface area contributed by atoms with Crippen LogP contribution < -0.4 is 5.73 Å². The van der Waals surface area contributed by atoms with Gasteiger partial charge in [-0.2, -0.15) is 0 Å². The molecule has 0 saturated heterocycles. The number of carbonyl (C=O) groups is 2. The van der Waals surface area contributed by atoms with Crippen LogP contribution in [-0.4, -0.2) is 49.3 Å². The summed E-state index contributed by atoms with van der Waals surface area (Å²) in [6.07, 6.45) is 86.5. The van der Waals surface area contributed by atoms with Crippen molar-refractivity contribution in [3.63, 3.8) is 0 Å². The fourth-order valence-corrected chi connectivity index (χ4v) is 8.78. The first-order valence-corrected chi connectivity index (χ1v) is 32.2. The molecule has 10 heteroatoms. The van der Waals surface area contributed by atoms with E-state index in [1.54, 1.807) is 0 Å². The first-order valence-electron chi connectivity index (χ1n) is 30.7. The molecule has 0 fully saturated rings. The van der Waals surface area contributed by atoms with Gasteiger partial charge in [-0.1, -0.05) is 250 Å². The van der Waals surface area contributed by atoms with Crippen LogP contribution in [0.2, 0.25) is 0 Å². The molecule has 0 aliphatic carbocycles. The summed E-state index contributed by atoms with van der Waals surface area (Å²) >= 11 is 0. The highest BCUT2D eigenvalue weighted by molar-refractivity contribution is 7.47. The number of hydrogen-bond donors (Lipinski definition) is 2. The van der Waals surface area contributed by atoms with Gasteiger partial charge < -0.3 is 20.1 Å².